The van der Waals surface area contributed by atoms with Crippen molar-refractivity contribution in [3.63, 3.8) is 0 Å². The SMILES string of the molecule is O=C1OC(c2ccc(Br)cc2)=NC1=Cc1ccco1. The summed E-state index contributed by atoms with van der Waals surface area (Å²) in [5.74, 6) is 0.386. The largest absolute Gasteiger partial charge is 0.465 e. The Morgan fingerprint density at radius 1 is 1.16 bits per heavy atom. The van der Waals surface area contributed by atoms with E-state index < -0.39 is 5.97 Å². The third kappa shape index (κ3) is 2.51. The van der Waals surface area contributed by atoms with Crippen LogP contribution in [0.4, 0.5) is 0 Å². The number of nitrogens with zero attached hydrogens (tertiary/aromatic N) is 1. The van der Waals surface area contributed by atoms with Gasteiger partial charge in [-0.1, -0.05) is 15.9 Å². The Hall–Kier alpha value is -2.14. The minimum absolute atomic E-state index is 0.230. The lowest BCUT2D eigenvalue weighted by atomic mass is 10.2. The predicted molar refractivity (Wildman–Crippen MR) is 73.5 cm³/mol. The fraction of sp³-hybridized carbons (Fsp3) is 0. The standard InChI is InChI=1S/C14H8BrNO3/c15-10-5-3-9(4-6-10)13-16-12(14(17)19-13)8-11-2-1-7-18-11/h1-8H. The first-order valence-electron chi connectivity index (χ1n) is 5.54. The van der Waals surface area contributed by atoms with Crippen LogP contribution < -0.4 is 0 Å². The molecule has 2 heterocycles. The van der Waals surface area contributed by atoms with E-state index in [0.29, 0.717) is 11.7 Å². The van der Waals surface area contributed by atoms with Gasteiger partial charge >= 0.3 is 5.97 Å². The van der Waals surface area contributed by atoms with Crippen molar-refractivity contribution in [2.75, 3.05) is 0 Å². The van der Waals surface area contributed by atoms with E-state index in [9.17, 15) is 4.79 Å². The van der Waals surface area contributed by atoms with Gasteiger partial charge in [0.2, 0.25) is 5.90 Å². The Kier molecular flexibility index (Phi) is 3.05. The maximum absolute atomic E-state index is 11.7. The summed E-state index contributed by atoms with van der Waals surface area (Å²) in [6.45, 7) is 0. The molecule has 4 nitrogen and oxygen atoms in total. The van der Waals surface area contributed by atoms with Crippen molar-refractivity contribution in [3.05, 3.63) is 64.2 Å². The number of hydrogen-bond acceptors (Lipinski definition) is 4. The quantitative estimate of drug-likeness (QED) is 0.630. The highest BCUT2D eigenvalue weighted by Crippen LogP contribution is 2.20. The predicted octanol–water partition coefficient (Wildman–Crippen LogP) is 3.39. The minimum atomic E-state index is -0.477. The summed E-state index contributed by atoms with van der Waals surface area (Å²) in [5.41, 5.74) is 0.979. The van der Waals surface area contributed by atoms with Crippen molar-refractivity contribution < 1.29 is 13.9 Å². The molecule has 2 aromatic rings. The lowest BCUT2D eigenvalue weighted by molar-refractivity contribution is -0.129. The van der Waals surface area contributed by atoms with Crippen molar-refractivity contribution in [3.8, 4) is 0 Å². The number of benzene rings is 1. The zero-order valence-electron chi connectivity index (χ0n) is 9.67. The smallest absolute Gasteiger partial charge is 0.363 e. The van der Waals surface area contributed by atoms with Crippen molar-refractivity contribution >= 4 is 33.9 Å². The van der Waals surface area contributed by atoms with E-state index in [1.165, 1.54) is 6.26 Å². The molecule has 0 atom stereocenters. The van der Waals surface area contributed by atoms with Crippen molar-refractivity contribution in [1.82, 2.24) is 0 Å². The zero-order chi connectivity index (χ0) is 13.2. The van der Waals surface area contributed by atoms with Crippen molar-refractivity contribution in [2.24, 2.45) is 4.99 Å². The Balaban J connectivity index is 1.93. The van der Waals surface area contributed by atoms with Gasteiger partial charge in [0.05, 0.1) is 6.26 Å². The van der Waals surface area contributed by atoms with Crippen LogP contribution in [0.15, 0.2) is 62.2 Å². The van der Waals surface area contributed by atoms with Crippen LogP contribution >= 0.6 is 15.9 Å². The summed E-state index contributed by atoms with van der Waals surface area (Å²) >= 11 is 3.35. The van der Waals surface area contributed by atoms with E-state index in [4.69, 9.17) is 9.15 Å². The number of carbonyl (C=O) groups excluding carboxylic acids is 1. The van der Waals surface area contributed by atoms with Crippen LogP contribution in [0, 0.1) is 0 Å². The maximum Gasteiger partial charge on any atom is 0.363 e. The third-order valence-corrected chi connectivity index (χ3v) is 3.06. The molecule has 0 amide bonds. The zero-order valence-corrected chi connectivity index (χ0v) is 11.3. The second kappa shape index (κ2) is 4.85. The average molecular weight is 318 g/mol. The van der Waals surface area contributed by atoms with Gasteiger partial charge < -0.3 is 9.15 Å². The van der Waals surface area contributed by atoms with Gasteiger partial charge in [-0.05, 0) is 36.4 Å². The summed E-state index contributed by atoms with van der Waals surface area (Å²) in [6, 6.07) is 10.9. The van der Waals surface area contributed by atoms with Gasteiger partial charge in [0.15, 0.2) is 5.70 Å². The number of esters is 1. The molecule has 94 valence electrons. The van der Waals surface area contributed by atoms with Gasteiger partial charge in [-0.2, -0.15) is 0 Å². The Morgan fingerprint density at radius 3 is 2.63 bits per heavy atom. The normalized spacial score (nSPS) is 16.6. The molecule has 0 saturated heterocycles. The van der Waals surface area contributed by atoms with E-state index in [-0.39, 0.29) is 5.70 Å². The van der Waals surface area contributed by atoms with Crippen LogP contribution in [0.1, 0.15) is 11.3 Å². The summed E-state index contributed by atoms with van der Waals surface area (Å²) in [4.78, 5) is 15.9. The molecule has 0 fully saturated rings. The first-order chi connectivity index (χ1) is 9.22. The lowest BCUT2D eigenvalue weighted by Crippen LogP contribution is -2.05. The second-order valence-electron chi connectivity index (χ2n) is 3.86. The molecule has 19 heavy (non-hydrogen) atoms. The number of rotatable bonds is 2. The molecule has 3 rings (SSSR count). The molecule has 0 N–H and O–H groups in total. The van der Waals surface area contributed by atoms with Gasteiger partial charge in [0.1, 0.15) is 5.76 Å². The van der Waals surface area contributed by atoms with Crippen molar-refractivity contribution in [1.29, 1.82) is 0 Å². The fourth-order valence-electron chi connectivity index (χ4n) is 1.63. The van der Waals surface area contributed by atoms with Crippen LogP contribution in [0.2, 0.25) is 0 Å². The second-order valence-corrected chi connectivity index (χ2v) is 4.77. The molecule has 1 aromatic carbocycles. The highest BCUT2D eigenvalue weighted by Gasteiger charge is 2.24. The number of aliphatic imine (C=N–C) groups is 1. The van der Waals surface area contributed by atoms with E-state index >= 15 is 0 Å². The van der Waals surface area contributed by atoms with Gasteiger partial charge in [0.25, 0.3) is 0 Å². The average Bonchev–Trinajstić information content (AvgIpc) is 3.02. The number of ether oxygens (including phenoxy) is 1. The first kappa shape index (κ1) is 11.9. The molecule has 1 aliphatic rings. The number of halogens is 1. The molecular formula is C14H8BrNO3. The molecule has 0 saturated carbocycles. The molecule has 5 heteroatoms. The molecule has 0 spiro atoms. The summed E-state index contributed by atoms with van der Waals surface area (Å²) in [6.07, 6.45) is 3.08. The van der Waals surface area contributed by atoms with E-state index in [2.05, 4.69) is 20.9 Å². The van der Waals surface area contributed by atoms with Gasteiger partial charge in [-0.25, -0.2) is 9.79 Å². The molecule has 1 aromatic heterocycles. The Morgan fingerprint density at radius 2 is 1.95 bits per heavy atom. The van der Waals surface area contributed by atoms with Gasteiger partial charge in [-0.15, -0.1) is 0 Å². The van der Waals surface area contributed by atoms with E-state index in [1.54, 1.807) is 18.2 Å². The number of carbonyl (C=O) groups is 1. The first-order valence-corrected chi connectivity index (χ1v) is 6.34. The van der Waals surface area contributed by atoms with Crippen molar-refractivity contribution in [2.45, 2.75) is 0 Å². The summed E-state index contributed by atoms with van der Waals surface area (Å²) in [7, 11) is 0. The Labute approximate surface area is 117 Å². The van der Waals surface area contributed by atoms with Gasteiger partial charge in [0, 0.05) is 16.1 Å². The third-order valence-electron chi connectivity index (χ3n) is 2.53. The highest BCUT2D eigenvalue weighted by molar-refractivity contribution is 9.10. The van der Waals surface area contributed by atoms with Crippen LogP contribution in [0.25, 0.3) is 6.08 Å². The number of hydrogen-bond donors (Lipinski definition) is 0. The molecule has 0 unspecified atom stereocenters. The van der Waals surface area contributed by atoms with E-state index in [0.717, 1.165) is 10.0 Å². The molecule has 0 aliphatic carbocycles. The Bertz CT molecular complexity index is 669. The monoisotopic (exact) mass is 317 g/mol. The molecule has 1 aliphatic heterocycles. The van der Waals surface area contributed by atoms with Crippen LogP contribution in [-0.4, -0.2) is 11.9 Å². The molecule has 0 radical (unpaired) electrons. The molecule has 0 bridgehead atoms. The van der Waals surface area contributed by atoms with Gasteiger partial charge in [-0.3, -0.25) is 0 Å². The maximum atomic E-state index is 11.7. The van der Waals surface area contributed by atoms with Crippen LogP contribution in [0.5, 0.6) is 0 Å². The summed E-state index contributed by atoms with van der Waals surface area (Å²) < 4.78 is 11.2. The van der Waals surface area contributed by atoms with Crippen LogP contribution in [-0.2, 0) is 9.53 Å². The van der Waals surface area contributed by atoms with E-state index in [1.807, 2.05) is 24.3 Å². The lowest BCUT2D eigenvalue weighted by Gasteiger charge is -1.98. The van der Waals surface area contributed by atoms with Crippen LogP contribution in [0.3, 0.4) is 0 Å². The minimum Gasteiger partial charge on any atom is -0.465 e. The topological polar surface area (TPSA) is 51.8 Å². The number of cyclic esters (lactones) is 1. The number of furan rings is 1. The highest BCUT2D eigenvalue weighted by atomic mass is 79.9. The molecular weight excluding hydrogens is 310 g/mol. The summed E-state index contributed by atoms with van der Waals surface area (Å²) in [5, 5.41) is 0. The fourth-order valence-corrected chi connectivity index (χ4v) is 1.90.